The van der Waals surface area contributed by atoms with E-state index in [-0.39, 0.29) is 0 Å². The fraction of sp³-hybridized carbons (Fsp3) is 0.733. The van der Waals surface area contributed by atoms with E-state index < -0.39 is 0 Å². The first-order valence-electron chi connectivity index (χ1n) is 7.46. The smallest absolute Gasteiger partial charge is 0.0362 e. The van der Waals surface area contributed by atoms with Gasteiger partial charge in [0.15, 0.2) is 0 Å². The SMILES string of the molecule is CCCn1cccc1CNC1CN2CCC1CC2. The number of fused-ring (bicyclic) bond motifs is 3. The third kappa shape index (κ3) is 2.47. The first-order chi connectivity index (χ1) is 8.86. The maximum Gasteiger partial charge on any atom is 0.0362 e. The topological polar surface area (TPSA) is 20.2 Å². The number of hydrogen-bond donors (Lipinski definition) is 1. The Bertz CT molecular complexity index is 377. The van der Waals surface area contributed by atoms with Crippen LogP contribution in [0.25, 0.3) is 0 Å². The van der Waals surface area contributed by atoms with Crippen LogP contribution in [0.5, 0.6) is 0 Å². The van der Waals surface area contributed by atoms with Crippen molar-refractivity contribution < 1.29 is 0 Å². The van der Waals surface area contributed by atoms with Crippen LogP contribution in [0.15, 0.2) is 18.3 Å². The van der Waals surface area contributed by atoms with E-state index in [1.165, 1.54) is 44.6 Å². The Hall–Kier alpha value is -0.800. The van der Waals surface area contributed by atoms with Crippen LogP contribution in [0.3, 0.4) is 0 Å². The molecular formula is C15H25N3. The predicted molar refractivity (Wildman–Crippen MR) is 74.5 cm³/mol. The molecule has 0 saturated carbocycles. The van der Waals surface area contributed by atoms with Crippen LogP contribution in [0.4, 0.5) is 0 Å². The molecule has 1 N–H and O–H groups in total. The quantitative estimate of drug-likeness (QED) is 0.859. The van der Waals surface area contributed by atoms with Crippen molar-refractivity contribution >= 4 is 0 Å². The number of aromatic nitrogens is 1. The van der Waals surface area contributed by atoms with Crippen LogP contribution in [0.2, 0.25) is 0 Å². The summed E-state index contributed by atoms with van der Waals surface area (Å²) in [6, 6.07) is 5.14. The summed E-state index contributed by atoms with van der Waals surface area (Å²) in [5.41, 5.74) is 1.44. The monoisotopic (exact) mass is 247 g/mol. The van der Waals surface area contributed by atoms with Crippen LogP contribution >= 0.6 is 0 Å². The lowest BCUT2D eigenvalue weighted by Crippen LogP contribution is -2.55. The second-order valence-electron chi connectivity index (χ2n) is 5.82. The van der Waals surface area contributed by atoms with E-state index in [4.69, 9.17) is 0 Å². The lowest BCUT2D eigenvalue weighted by Gasteiger charge is -2.45. The van der Waals surface area contributed by atoms with Gasteiger partial charge >= 0.3 is 0 Å². The molecule has 1 atom stereocenters. The minimum absolute atomic E-state index is 0.720. The summed E-state index contributed by atoms with van der Waals surface area (Å²) >= 11 is 0. The van der Waals surface area contributed by atoms with Gasteiger partial charge < -0.3 is 14.8 Å². The van der Waals surface area contributed by atoms with Gasteiger partial charge in [-0.15, -0.1) is 0 Å². The molecule has 3 heteroatoms. The third-order valence-electron chi connectivity index (χ3n) is 4.59. The highest BCUT2D eigenvalue weighted by Gasteiger charge is 2.33. The highest BCUT2D eigenvalue weighted by Crippen LogP contribution is 2.27. The molecule has 0 spiro atoms. The summed E-state index contributed by atoms with van der Waals surface area (Å²) in [4.78, 5) is 2.61. The first kappa shape index (κ1) is 12.2. The highest BCUT2D eigenvalue weighted by molar-refractivity contribution is 5.07. The van der Waals surface area contributed by atoms with Gasteiger partial charge in [0.25, 0.3) is 0 Å². The van der Waals surface area contributed by atoms with Crippen LogP contribution in [-0.2, 0) is 13.1 Å². The number of nitrogens with zero attached hydrogens (tertiary/aromatic N) is 2. The van der Waals surface area contributed by atoms with Crippen molar-refractivity contribution in [1.82, 2.24) is 14.8 Å². The zero-order valence-electron chi connectivity index (χ0n) is 11.4. The minimum Gasteiger partial charge on any atom is -0.350 e. The van der Waals surface area contributed by atoms with E-state index >= 15 is 0 Å². The molecule has 3 aliphatic heterocycles. The second-order valence-corrected chi connectivity index (χ2v) is 5.82. The fourth-order valence-corrected chi connectivity index (χ4v) is 3.50. The lowest BCUT2D eigenvalue weighted by molar-refractivity contribution is 0.0717. The van der Waals surface area contributed by atoms with E-state index in [0.29, 0.717) is 0 Å². The molecule has 0 aromatic carbocycles. The van der Waals surface area contributed by atoms with E-state index in [0.717, 1.165) is 25.0 Å². The Morgan fingerprint density at radius 1 is 1.33 bits per heavy atom. The molecule has 100 valence electrons. The molecule has 2 bridgehead atoms. The van der Waals surface area contributed by atoms with Crippen molar-refractivity contribution in [3.63, 3.8) is 0 Å². The molecule has 3 saturated heterocycles. The maximum absolute atomic E-state index is 3.79. The van der Waals surface area contributed by atoms with Gasteiger partial charge in [-0.25, -0.2) is 0 Å². The zero-order valence-corrected chi connectivity index (χ0v) is 11.4. The molecule has 18 heavy (non-hydrogen) atoms. The van der Waals surface area contributed by atoms with Gasteiger partial charge in [0.2, 0.25) is 0 Å². The Labute approximate surface area is 110 Å². The average molecular weight is 247 g/mol. The van der Waals surface area contributed by atoms with Crippen molar-refractivity contribution in [3.8, 4) is 0 Å². The standard InChI is InChI=1S/C15H25N3/c1-2-7-18-8-3-4-14(18)11-16-15-12-17-9-5-13(15)6-10-17/h3-4,8,13,15-16H,2,5-7,9-12H2,1H3. The van der Waals surface area contributed by atoms with E-state index in [1.807, 2.05) is 0 Å². The summed E-state index contributed by atoms with van der Waals surface area (Å²) in [5, 5.41) is 3.79. The van der Waals surface area contributed by atoms with Gasteiger partial charge in [-0.2, -0.15) is 0 Å². The van der Waals surface area contributed by atoms with Crippen molar-refractivity contribution in [2.75, 3.05) is 19.6 Å². The number of aryl methyl sites for hydroxylation is 1. The lowest BCUT2D eigenvalue weighted by atomic mass is 9.84. The molecule has 0 amide bonds. The number of piperidine rings is 3. The molecule has 3 aliphatic rings. The fourth-order valence-electron chi connectivity index (χ4n) is 3.50. The van der Waals surface area contributed by atoms with Gasteiger partial charge in [0, 0.05) is 37.6 Å². The molecule has 0 radical (unpaired) electrons. The van der Waals surface area contributed by atoms with Gasteiger partial charge in [0.1, 0.15) is 0 Å². The molecule has 1 unspecified atom stereocenters. The Kier molecular flexibility index (Phi) is 3.71. The molecule has 1 aromatic heterocycles. The van der Waals surface area contributed by atoms with Gasteiger partial charge in [0.05, 0.1) is 0 Å². The Balaban J connectivity index is 1.56. The normalized spacial score (nSPS) is 30.8. The van der Waals surface area contributed by atoms with E-state index in [1.54, 1.807) is 0 Å². The summed E-state index contributed by atoms with van der Waals surface area (Å²) in [6.07, 6.45) is 6.21. The average Bonchev–Trinajstić information content (AvgIpc) is 2.86. The Morgan fingerprint density at radius 2 is 2.17 bits per heavy atom. The van der Waals surface area contributed by atoms with Crippen molar-refractivity contribution in [1.29, 1.82) is 0 Å². The molecule has 1 aromatic rings. The highest BCUT2D eigenvalue weighted by atomic mass is 15.2. The summed E-state index contributed by atoms with van der Waals surface area (Å²) in [6.45, 7) is 8.33. The molecule has 0 aliphatic carbocycles. The molecule has 3 fully saturated rings. The zero-order chi connectivity index (χ0) is 12.4. The Morgan fingerprint density at radius 3 is 2.83 bits per heavy atom. The summed E-state index contributed by atoms with van der Waals surface area (Å²) in [5.74, 6) is 0.921. The first-order valence-corrected chi connectivity index (χ1v) is 7.46. The van der Waals surface area contributed by atoms with Gasteiger partial charge in [-0.3, -0.25) is 0 Å². The maximum atomic E-state index is 3.79. The summed E-state index contributed by atoms with van der Waals surface area (Å²) < 4.78 is 2.38. The molecule has 4 rings (SSSR count). The van der Waals surface area contributed by atoms with Gasteiger partial charge in [-0.1, -0.05) is 6.92 Å². The second kappa shape index (κ2) is 5.45. The molecular weight excluding hydrogens is 222 g/mol. The van der Waals surface area contributed by atoms with E-state index in [2.05, 4.69) is 40.0 Å². The predicted octanol–water partition coefficient (Wildman–Crippen LogP) is 2.08. The van der Waals surface area contributed by atoms with Crippen molar-refractivity contribution in [2.24, 2.45) is 5.92 Å². The largest absolute Gasteiger partial charge is 0.350 e. The van der Waals surface area contributed by atoms with Crippen LogP contribution in [-0.4, -0.2) is 35.1 Å². The number of rotatable bonds is 5. The third-order valence-corrected chi connectivity index (χ3v) is 4.59. The van der Waals surface area contributed by atoms with Crippen LogP contribution in [0.1, 0.15) is 31.9 Å². The molecule has 4 heterocycles. The summed E-state index contributed by atoms with van der Waals surface area (Å²) in [7, 11) is 0. The van der Waals surface area contributed by atoms with Crippen molar-refractivity contribution in [3.05, 3.63) is 24.0 Å². The van der Waals surface area contributed by atoms with Gasteiger partial charge in [-0.05, 0) is 50.4 Å². The number of nitrogens with one attached hydrogen (secondary N) is 1. The van der Waals surface area contributed by atoms with Crippen LogP contribution < -0.4 is 5.32 Å². The van der Waals surface area contributed by atoms with E-state index in [9.17, 15) is 0 Å². The molecule has 3 nitrogen and oxygen atoms in total. The minimum atomic E-state index is 0.720. The number of hydrogen-bond acceptors (Lipinski definition) is 2. The van der Waals surface area contributed by atoms with Crippen molar-refractivity contribution in [2.45, 2.75) is 45.3 Å². The van der Waals surface area contributed by atoms with Crippen LogP contribution in [0, 0.1) is 5.92 Å².